The van der Waals surface area contributed by atoms with Crippen LogP contribution in [0.15, 0.2) is 30.3 Å². The van der Waals surface area contributed by atoms with Crippen LogP contribution >= 0.6 is 0 Å². The van der Waals surface area contributed by atoms with E-state index in [-0.39, 0.29) is 5.92 Å². The normalized spacial score (nSPS) is 19.9. The maximum Gasteiger partial charge on any atom is 0.405 e. The van der Waals surface area contributed by atoms with E-state index >= 15 is 0 Å². The van der Waals surface area contributed by atoms with Gasteiger partial charge in [-0.1, -0.05) is 30.3 Å². The third kappa shape index (κ3) is 2.04. The second-order valence-electron chi connectivity index (χ2n) is 4.53. The highest BCUT2D eigenvalue weighted by Crippen LogP contribution is 2.36. The Labute approximate surface area is 115 Å². The molecule has 106 valence electrons. The molecule has 2 aromatic rings. The Hall–Kier alpha value is -1.67. The molecule has 0 bridgehead atoms. The van der Waals surface area contributed by atoms with Gasteiger partial charge in [-0.25, -0.2) is 13.9 Å². The van der Waals surface area contributed by atoms with Gasteiger partial charge in [0, 0.05) is 12.5 Å². The fourth-order valence-corrected chi connectivity index (χ4v) is 2.60. The summed E-state index contributed by atoms with van der Waals surface area (Å²) in [5.74, 6) is -0.592. The van der Waals surface area contributed by atoms with E-state index in [9.17, 15) is 13.0 Å². The summed E-state index contributed by atoms with van der Waals surface area (Å²) >= 11 is -3.33. The Morgan fingerprint density at radius 1 is 1.35 bits per heavy atom. The molecular weight excluding hydrogens is 288 g/mol. The number of hydrogen-bond acceptors (Lipinski definition) is 3. The maximum atomic E-state index is 13.5. The molecular formula is C12H11F2N3O2S. The summed E-state index contributed by atoms with van der Waals surface area (Å²) in [4.78, 5) is 3.79. The second-order valence-corrected chi connectivity index (χ2v) is 5.55. The highest BCUT2D eigenvalue weighted by Gasteiger charge is 2.45. The number of rotatable bonds is 3. The first kappa shape index (κ1) is 13.3. The largest absolute Gasteiger partial charge is 0.405 e. The van der Waals surface area contributed by atoms with Crippen molar-refractivity contribution in [3.63, 3.8) is 0 Å². The van der Waals surface area contributed by atoms with E-state index in [0.29, 0.717) is 12.4 Å². The molecule has 3 rings (SSSR count). The van der Waals surface area contributed by atoms with Crippen LogP contribution in [0, 0.1) is 0 Å². The van der Waals surface area contributed by atoms with Crippen molar-refractivity contribution in [2.75, 3.05) is 0 Å². The summed E-state index contributed by atoms with van der Waals surface area (Å²) in [5.41, 5.74) is 0.971. The molecule has 20 heavy (non-hydrogen) atoms. The van der Waals surface area contributed by atoms with E-state index in [1.165, 1.54) is 4.68 Å². The lowest BCUT2D eigenvalue weighted by Gasteiger charge is -2.09. The lowest BCUT2D eigenvalue weighted by Crippen LogP contribution is -2.22. The Morgan fingerprint density at radius 2 is 2.05 bits per heavy atom. The number of aromatic nitrogens is 3. The van der Waals surface area contributed by atoms with Gasteiger partial charge in [0.15, 0.2) is 0 Å². The van der Waals surface area contributed by atoms with Crippen LogP contribution in [0.3, 0.4) is 0 Å². The minimum atomic E-state index is -3.95. The Balaban J connectivity index is 1.99. The van der Waals surface area contributed by atoms with Gasteiger partial charge in [0.25, 0.3) is 0 Å². The van der Waals surface area contributed by atoms with Crippen molar-refractivity contribution >= 4 is 11.1 Å². The van der Waals surface area contributed by atoms with E-state index in [0.717, 1.165) is 12.0 Å². The molecule has 0 radical (unpaired) electrons. The molecule has 0 saturated heterocycles. The first-order chi connectivity index (χ1) is 9.50. The Bertz CT molecular complexity index is 660. The monoisotopic (exact) mass is 299 g/mol. The molecule has 0 saturated carbocycles. The van der Waals surface area contributed by atoms with Gasteiger partial charge in [-0.3, -0.25) is 0 Å². The second kappa shape index (κ2) is 4.71. The standard InChI is InChI=1S/C12H11F2N3O2S/c13-12(14,20(18)19)11-15-10-9(6-7-17(10)16-11)8-4-2-1-3-5-8/h1-5,9H,6-7H2,(H,18,19). The summed E-state index contributed by atoms with van der Waals surface area (Å²) in [5, 5.41) is -0.284. The van der Waals surface area contributed by atoms with Crippen LogP contribution in [0.25, 0.3) is 0 Å². The van der Waals surface area contributed by atoms with Crippen molar-refractivity contribution < 1.29 is 17.5 Å². The summed E-state index contributed by atoms with van der Waals surface area (Å²) in [6.45, 7) is 0.468. The van der Waals surface area contributed by atoms with E-state index < -0.39 is 22.2 Å². The predicted molar refractivity (Wildman–Crippen MR) is 67.6 cm³/mol. The SMILES string of the molecule is O=S(O)C(F)(F)c1nc2n(n1)CCC2c1ccccc1. The van der Waals surface area contributed by atoms with Gasteiger partial charge >= 0.3 is 5.25 Å². The van der Waals surface area contributed by atoms with Crippen LogP contribution in [-0.2, 0) is 22.9 Å². The molecule has 0 amide bonds. The van der Waals surface area contributed by atoms with Crippen molar-refractivity contribution in [2.24, 2.45) is 0 Å². The lowest BCUT2D eigenvalue weighted by atomic mass is 9.97. The maximum absolute atomic E-state index is 13.5. The molecule has 2 unspecified atom stereocenters. The highest BCUT2D eigenvalue weighted by atomic mass is 32.2. The third-order valence-electron chi connectivity index (χ3n) is 3.32. The topological polar surface area (TPSA) is 68.0 Å². The van der Waals surface area contributed by atoms with Crippen LogP contribution in [-0.4, -0.2) is 23.5 Å². The molecule has 1 aliphatic heterocycles. The van der Waals surface area contributed by atoms with E-state index in [1.54, 1.807) is 0 Å². The lowest BCUT2D eigenvalue weighted by molar-refractivity contribution is 0.0780. The zero-order valence-electron chi connectivity index (χ0n) is 10.2. The number of fused-ring (bicyclic) bond motifs is 1. The molecule has 8 heteroatoms. The number of nitrogens with zero attached hydrogens (tertiary/aromatic N) is 3. The predicted octanol–water partition coefficient (Wildman–Crippen LogP) is 2.08. The first-order valence-corrected chi connectivity index (χ1v) is 7.09. The van der Waals surface area contributed by atoms with Gasteiger partial charge in [-0.05, 0) is 12.0 Å². The smallest absolute Gasteiger partial charge is 0.301 e. The molecule has 2 heterocycles. The minimum Gasteiger partial charge on any atom is -0.301 e. The number of hydrogen-bond donors (Lipinski definition) is 1. The van der Waals surface area contributed by atoms with Gasteiger partial charge in [0.05, 0.1) is 0 Å². The molecule has 1 N–H and O–H groups in total. The van der Waals surface area contributed by atoms with Crippen LogP contribution in [0.2, 0.25) is 0 Å². The van der Waals surface area contributed by atoms with Crippen LogP contribution in [0.1, 0.15) is 29.6 Å². The number of benzene rings is 1. The summed E-state index contributed by atoms with van der Waals surface area (Å²) in [6, 6.07) is 9.41. The number of aryl methyl sites for hydroxylation is 1. The van der Waals surface area contributed by atoms with Crippen LogP contribution < -0.4 is 0 Å². The zero-order valence-corrected chi connectivity index (χ0v) is 11.1. The van der Waals surface area contributed by atoms with Gasteiger partial charge in [-0.15, -0.1) is 5.10 Å². The summed E-state index contributed by atoms with van der Waals surface area (Å²) < 4.78 is 47.6. The average Bonchev–Trinajstić information content (AvgIpc) is 2.99. The highest BCUT2D eigenvalue weighted by molar-refractivity contribution is 7.79. The molecule has 5 nitrogen and oxygen atoms in total. The third-order valence-corrected chi connectivity index (χ3v) is 3.94. The quantitative estimate of drug-likeness (QED) is 0.881. The van der Waals surface area contributed by atoms with Crippen molar-refractivity contribution in [3.05, 3.63) is 47.5 Å². The summed E-state index contributed by atoms with van der Waals surface area (Å²) in [6.07, 6.45) is 0.730. The van der Waals surface area contributed by atoms with Gasteiger partial charge in [0.1, 0.15) is 5.82 Å². The van der Waals surface area contributed by atoms with Crippen molar-refractivity contribution in [1.82, 2.24) is 14.8 Å². The van der Waals surface area contributed by atoms with Crippen molar-refractivity contribution in [1.29, 1.82) is 0 Å². The van der Waals surface area contributed by atoms with Gasteiger partial charge in [0.2, 0.25) is 16.9 Å². The van der Waals surface area contributed by atoms with E-state index in [4.69, 9.17) is 4.55 Å². The van der Waals surface area contributed by atoms with Crippen molar-refractivity contribution in [3.8, 4) is 0 Å². The zero-order chi connectivity index (χ0) is 14.3. The molecule has 1 aromatic carbocycles. The minimum absolute atomic E-state index is 0.111. The fourth-order valence-electron chi connectivity index (χ4n) is 2.36. The Kier molecular flexibility index (Phi) is 3.14. The molecule has 0 spiro atoms. The van der Waals surface area contributed by atoms with Gasteiger partial charge < -0.3 is 4.55 Å². The molecule has 0 aliphatic carbocycles. The summed E-state index contributed by atoms with van der Waals surface area (Å²) in [7, 11) is 0. The fraction of sp³-hybridized carbons (Fsp3) is 0.333. The molecule has 0 fully saturated rings. The number of halogens is 2. The van der Waals surface area contributed by atoms with E-state index in [2.05, 4.69) is 10.1 Å². The molecule has 1 aliphatic rings. The average molecular weight is 299 g/mol. The van der Waals surface area contributed by atoms with Crippen LogP contribution in [0.4, 0.5) is 8.78 Å². The van der Waals surface area contributed by atoms with Crippen LogP contribution in [0.5, 0.6) is 0 Å². The molecule has 2 atom stereocenters. The molecule has 1 aromatic heterocycles. The van der Waals surface area contributed by atoms with Gasteiger partial charge in [-0.2, -0.15) is 8.78 Å². The van der Waals surface area contributed by atoms with E-state index in [1.807, 2.05) is 30.3 Å². The Morgan fingerprint density at radius 3 is 2.70 bits per heavy atom. The van der Waals surface area contributed by atoms with Crippen molar-refractivity contribution in [2.45, 2.75) is 24.1 Å². The first-order valence-electron chi connectivity index (χ1n) is 5.99. The number of alkyl halides is 2.